The molecule has 1 aromatic carbocycles. The summed E-state index contributed by atoms with van der Waals surface area (Å²) in [5.41, 5.74) is -3.41. The Morgan fingerprint density at radius 2 is 1.86 bits per heavy atom. The molecule has 0 aliphatic carbocycles. The summed E-state index contributed by atoms with van der Waals surface area (Å²) in [5.74, 6) is -0.313. The van der Waals surface area contributed by atoms with Crippen molar-refractivity contribution >= 4 is 23.4 Å². The maximum atomic E-state index is 12.2. The highest BCUT2D eigenvalue weighted by Gasteiger charge is 2.29. The molecule has 2 rings (SSSR count). The Morgan fingerprint density at radius 1 is 1.19 bits per heavy atom. The van der Waals surface area contributed by atoms with Gasteiger partial charge in [-0.2, -0.15) is 13.2 Å². The van der Waals surface area contributed by atoms with Crippen molar-refractivity contribution in [3.05, 3.63) is 54.4 Å². The maximum Gasteiger partial charge on any atom is 0.446 e. The molecular weight excluding hydrogens is 301 g/mol. The monoisotopic (exact) mass is 312 g/mol. The summed E-state index contributed by atoms with van der Waals surface area (Å²) in [7, 11) is 1.58. The third kappa shape index (κ3) is 4.22. The average Bonchev–Trinajstić information content (AvgIpc) is 2.46. The minimum Gasteiger partial charge on any atom is -0.310 e. The Morgan fingerprint density at radius 3 is 2.38 bits per heavy atom. The van der Waals surface area contributed by atoms with E-state index >= 15 is 0 Å². The smallest absolute Gasteiger partial charge is 0.310 e. The van der Waals surface area contributed by atoms with Crippen LogP contribution in [0, 0.1) is 0 Å². The van der Waals surface area contributed by atoms with Crippen LogP contribution in [0.4, 0.5) is 18.9 Å². The fourth-order valence-corrected chi connectivity index (χ4v) is 2.20. The van der Waals surface area contributed by atoms with E-state index in [0.717, 1.165) is 0 Å². The van der Waals surface area contributed by atoms with Crippen LogP contribution < -0.4 is 4.90 Å². The van der Waals surface area contributed by atoms with E-state index in [1.165, 1.54) is 35.4 Å². The standard InChI is InChI=1S/C14H11F3N2OS/c1-19(11-3-2-8-18-9-11)13(20)10-4-6-12(7-5-10)21-14(15,16)17/h2-9H,1H3. The normalized spacial score (nSPS) is 11.2. The number of carbonyl (C=O) groups excluding carboxylic acids is 1. The minimum absolute atomic E-state index is 0.0445. The van der Waals surface area contributed by atoms with Crippen molar-refractivity contribution in [3.63, 3.8) is 0 Å². The Hall–Kier alpha value is -2.02. The SMILES string of the molecule is CN(C(=O)c1ccc(SC(F)(F)F)cc1)c1cccnc1. The van der Waals surface area contributed by atoms with Crippen LogP contribution in [0.25, 0.3) is 0 Å². The molecule has 0 unspecified atom stereocenters. The van der Waals surface area contributed by atoms with Gasteiger partial charge in [0.15, 0.2) is 0 Å². The quantitative estimate of drug-likeness (QED) is 0.804. The molecular formula is C14H11F3N2OS. The lowest BCUT2D eigenvalue weighted by Gasteiger charge is -2.17. The number of hydrogen-bond acceptors (Lipinski definition) is 3. The number of aromatic nitrogens is 1. The van der Waals surface area contributed by atoms with Crippen LogP contribution in [-0.4, -0.2) is 23.4 Å². The van der Waals surface area contributed by atoms with Crippen molar-refractivity contribution in [2.75, 3.05) is 11.9 Å². The first kappa shape index (κ1) is 15.4. The van der Waals surface area contributed by atoms with Gasteiger partial charge >= 0.3 is 5.51 Å². The van der Waals surface area contributed by atoms with Crippen LogP contribution in [0.2, 0.25) is 0 Å². The second-order valence-electron chi connectivity index (χ2n) is 4.15. The largest absolute Gasteiger partial charge is 0.446 e. The van der Waals surface area contributed by atoms with E-state index in [4.69, 9.17) is 0 Å². The van der Waals surface area contributed by atoms with Crippen molar-refractivity contribution in [2.45, 2.75) is 10.4 Å². The number of amides is 1. The van der Waals surface area contributed by atoms with Crippen molar-refractivity contribution in [1.82, 2.24) is 4.98 Å². The molecule has 0 saturated carbocycles. The molecule has 1 heterocycles. The molecule has 21 heavy (non-hydrogen) atoms. The summed E-state index contributed by atoms with van der Waals surface area (Å²) in [6.07, 6.45) is 3.12. The minimum atomic E-state index is -4.34. The number of benzene rings is 1. The number of rotatable bonds is 3. The van der Waals surface area contributed by atoms with Gasteiger partial charge in [-0.3, -0.25) is 9.78 Å². The highest BCUT2D eigenvalue weighted by molar-refractivity contribution is 8.00. The van der Waals surface area contributed by atoms with Gasteiger partial charge in [0.1, 0.15) is 0 Å². The third-order valence-corrected chi connectivity index (χ3v) is 3.41. The van der Waals surface area contributed by atoms with E-state index in [1.807, 2.05) is 0 Å². The molecule has 0 aliphatic heterocycles. The first-order valence-corrected chi connectivity index (χ1v) is 6.72. The zero-order valence-corrected chi connectivity index (χ0v) is 11.8. The number of hydrogen-bond donors (Lipinski definition) is 0. The molecule has 0 radical (unpaired) electrons. The van der Waals surface area contributed by atoms with E-state index in [-0.39, 0.29) is 22.6 Å². The Bertz CT molecular complexity index is 614. The highest BCUT2D eigenvalue weighted by atomic mass is 32.2. The maximum absolute atomic E-state index is 12.2. The molecule has 2 aromatic rings. The molecule has 0 N–H and O–H groups in total. The zero-order chi connectivity index (χ0) is 15.5. The van der Waals surface area contributed by atoms with Crippen LogP contribution in [0.1, 0.15) is 10.4 Å². The number of anilines is 1. The van der Waals surface area contributed by atoms with Gasteiger partial charge in [0.05, 0.1) is 11.9 Å². The highest BCUT2D eigenvalue weighted by Crippen LogP contribution is 2.36. The molecule has 1 aromatic heterocycles. The zero-order valence-electron chi connectivity index (χ0n) is 11.0. The van der Waals surface area contributed by atoms with Gasteiger partial charge < -0.3 is 4.90 Å². The predicted octanol–water partition coefficient (Wildman–Crippen LogP) is 3.97. The molecule has 3 nitrogen and oxygen atoms in total. The molecule has 0 bridgehead atoms. The lowest BCUT2D eigenvalue weighted by atomic mass is 10.2. The van der Waals surface area contributed by atoms with Gasteiger partial charge in [0.2, 0.25) is 0 Å². The number of alkyl halides is 3. The Labute approximate surface area is 123 Å². The summed E-state index contributed by atoms with van der Waals surface area (Å²) in [5, 5.41) is 0. The molecule has 0 aliphatic rings. The molecule has 0 fully saturated rings. The summed E-state index contributed by atoms with van der Waals surface area (Å²) in [6.45, 7) is 0. The molecule has 110 valence electrons. The lowest BCUT2D eigenvalue weighted by molar-refractivity contribution is -0.0328. The van der Waals surface area contributed by atoms with E-state index in [0.29, 0.717) is 11.3 Å². The van der Waals surface area contributed by atoms with Crippen LogP contribution >= 0.6 is 11.8 Å². The van der Waals surface area contributed by atoms with E-state index in [1.54, 1.807) is 25.4 Å². The fraction of sp³-hybridized carbons (Fsp3) is 0.143. The summed E-state index contributed by atoms with van der Waals surface area (Å²) in [6, 6.07) is 8.73. The summed E-state index contributed by atoms with van der Waals surface area (Å²) >= 11 is -0.209. The number of nitrogens with zero attached hydrogens (tertiary/aromatic N) is 2. The Balaban J connectivity index is 2.13. The first-order valence-electron chi connectivity index (χ1n) is 5.91. The van der Waals surface area contributed by atoms with Gasteiger partial charge in [-0.1, -0.05) is 0 Å². The van der Waals surface area contributed by atoms with Crippen LogP contribution in [0.5, 0.6) is 0 Å². The van der Waals surface area contributed by atoms with Crippen molar-refractivity contribution < 1.29 is 18.0 Å². The number of pyridine rings is 1. The van der Waals surface area contributed by atoms with Crippen LogP contribution in [0.15, 0.2) is 53.7 Å². The molecule has 0 spiro atoms. The van der Waals surface area contributed by atoms with Crippen molar-refractivity contribution in [1.29, 1.82) is 0 Å². The van der Waals surface area contributed by atoms with Crippen LogP contribution in [0.3, 0.4) is 0 Å². The van der Waals surface area contributed by atoms with Gasteiger partial charge in [-0.25, -0.2) is 0 Å². The predicted molar refractivity (Wildman–Crippen MR) is 75.3 cm³/mol. The van der Waals surface area contributed by atoms with Gasteiger partial charge in [0.25, 0.3) is 5.91 Å². The molecule has 1 amide bonds. The third-order valence-electron chi connectivity index (χ3n) is 2.67. The fourth-order valence-electron chi connectivity index (χ4n) is 1.66. The number of carbonyl (C=O) groups is 1. The van der Waals surface area contributed by atoms with Crippen LogP contribution in [-0.2, 0) is 0 Å². The van der Waals surface area contributed by atoms with E-state index < -0.39 is 5.51 Å². The summed E-state index contributed by atoms with van der Waals surface area (Å²) in [4.78, 5) is 17.6. The molecule has 7 heteroatoms. The van der Waals surface area contributed by atoms with Crippen molar-refractivity contribution in [2.24, 2.45) is 0 Å². The van der Waals surface area contributed by atoms with Crippen molar-refractivity contribution in [3.8, 4) is 0 Å². The second-order valence-corrected chi connectivity index (χ2v) is 5.29. The first-order chi connectivity index (χ1) is 9.87. The van der Waals surface area contributed by atoms with Gasteiger partial charge in [0, 0.05) is 23.7 Å². The summed E-state index contributed by atoms with van der Waals surface area (Å²) < 4.78 is 36.7. The topological polar surface area (TPSA) is 33.2 Å². The van der Waals surface area contributed by atoms with Gasteiger partial charge in [-0.05, 0) is 48.2 Å². The van der Waals surface area contributed by atoms with E-state index in [2.05, 4.69) is 4.98 Å². The molecule has 0 atom stereocenters. The second kappa shape index (κ2) is 6.17. The van der Waals surface area contributed by atoms with E-state index in [9.17, 15) is 18.0 Å². The number of thioether (sulfide) groups is 1. The number of halogens is 3. The lowest BCUT2D eigenvalue weighted by Crippen LogP contribution is -2.26. The molecule has 0 saturated heterocycles. The Kier molecular flexibility index (Phi) is 4.52. The average molecular weight is 312 g/mol. The van der Waals surface area contributed by atoms with Gasteiger partial charge in [-0.15, -0.1) is 0 Å².